The Hall–Kier alpha value is -2.24. The van der Waals surface area contributed by atoms with Gasteiger partial charge in [-0.2, -0.15) is 0 Å². The molecule has 1 aromatic heterocycles. The van der Waals surface area contributed by atoms with E-state index in [1.165, 1.54) is 10.3 Å². The topological polar surface area (TPSA) is 45.2 Å². The largest absolute Gasteiger partial charge is 0.355 e. The van der Waals surface area contributed by atoms with Gasteiger partial charge in [0.15, 0.2) is 0 Å². The predicted octanol–water partition coefficient (Wildman–Crippen LogP) is 4.30. The van der Waals surface area contributed by atoms with Crippen LogP contribution in [0, 0.1) is 0 Å². The highest BCUT2D eigenvalue weighted by Gasteiger charge is 2.13. The van der Waals surface area contributed by atoms with Gasteiger partial charge in [-0.15, -0.1) is 11.3 Å². The first-order valence-corrected chi connectivity index (χ1v) is 10.7. The van der Waals surface area contributed by atoms with E-state index >= 15 is 0 Å². The minimum absolute atomic E-state index is 0.143. The molecule has 1 atom stereocenters. The number of aromatic nitrogens is 1. The summed E-state index contributed by atoms with van der Waals surface area (Å²) < 4.78 is 1.24. The lowest BCUT2D eigenvalue weighted by Gasteiger charge is -2.24. The van der Waals surface area contributed by atoms with Crippen molar-refractivity contribution in [3.05, 3.63) is 65.2 Å². The standard InChI is InChI=1S/C23H29N3OS/c1-26(2)19(16-18-10-4-3-5-11-18)17-24-22(27)14-8-9-15-23-25-20-12-6-7-13-21(20)28-23/h3-7,10-13,19H,8-9,14-17H2,1-2H3,(H,24,27). The third-order valence-corrected chi connectivity index (χ3v) is 6.06. The first-order valence-electron chi connectivity index (χ1n) is 9.93. The summed E-state index contributed by atoms with van der Waals surface area (Å²) in [5.41, 5.74) is 2.37. The van der Waals surface area contributed by atoms with Crippen molar-refractivity contribution in [1.29, 1.82) is 0 Å². The molecule has 1 unspecified atom stereocenters. The maximum atomic E-state index is 12.2. The minimum atomic E-state index is 0.143. The van der Waals surface area contributed by atoms with Gasteiger partial charge >= 0.3 is 0 Å². The summed E-state index contributed by atoms with van der Waals surface area (Å²) in [6.45, 7) is 0.679. The molecule has 0 bridgehead atoms. The van der Waals surface area contributed by atoms with Gasteiger partial charge in [0.1, 0.15) is 0 Å². The van der Waals surface area contributed by atoms with Crippen molar-refractivity contribution in [3.63, 3.8) is 0 Å². The van der Waals surface area contributed by atoms with Gasteiger partial charge in [-0.25, -0.2) is 4.98 Å². The summed E-state index contributed by atoms with van der Waals surface area (Å²) >= 11 is 1.76. The molecule has 0 spiro atoms. The van der Waals surface area contributed by atoms with E-state index in [0.717, 1.165) is 36.2 Å². The molecule has 0 aliphatic carbocycles. The number of nitrogens with one attached hydrogen (secondary N) is 1. The van der Waals surface area contributed by atoms with Crippen molar-refractivity contribution in [2.45, 2.75) is 38.1 Å². The summed E-state index contributed by atoms with van der Waals surface area (Å²) in [7, 11) is 4.13. The van der Waals surface area contributed by atoms with Gasteiger partial charge in [-0.05, 0) is 57.5 Å². The van der Waals surface area contributed by atoms with Crippen LogP contribution in [0.15, 0.2) is 54.6 Å². The first kappa shape index (κ1) is 20.5. The zero-order valence-corrected chi connectivity index (χ0v) is 17.5. The molecular weight excluding hydrogens is 366 g/mol. The quantitative estimate of drug-likeness (QED) is 0.521. The highest BCUT2D eigenvalue weighted by molar-refractivity contribution is 7.18. The van der Waals surface area contributed by atoms with E-state index in [1.807, 2.05) is 18.2 Å². The van der Waals surface area contributed by atoms with Gasteiger partial charge in [-0.3, -0.25) is 4.79 Å². The summed E-state index contributed by atoms with van der Waals surface area (Å²) in [6, 6.07) is 19.0. The average molecular weight is 396 g/mol. The van der Waals surface area contributed by atoms with Crippen molar-refractivity contribution in [2.75, 3.05) is 20.6 Å². The molecule has 0 radical (unpaired) electrons. The monoisotopic (exact) mass is 395 g/mol. The number of hydrogen-bond donors (Lipinski definition) is 1. The van der Waals surface area contributed by atoms with E-state index in [4.69, 9.17) is 0 Å². The van der Waals surface area contributed by atoms with Crippen LogP contribution in [0.3, 0.4) is 0 Å². The van der Waals surface area contributed by atoms with E-state index in [9.17, 15) is 4.79 Å². The highest BCUT2D eigenvalue weighted by Crippen LogP contribution is 2.22. The molecule has 1 heterocycles. The molecule has 5 heteroatoms. The number of benzene rings is 2. The smallest absolute Gasteiger partial charge is 0.220 e. The number of thiazole rings is 1. The second-order valence-electron chi connectivity index (χ2n) is 7.39. The third-order valence-electron chi connectivity index (χ3n) is 4.96. The second-order valence-corrected chi connectivity index (χ2v) is 8.51. The Morgan fingerprint density at radius 2 is 1.82 bits per heavy atom. The SMILES string of the molecule is CN(C)C(CNC(=O)CCCCc1nc2ccccc2s1)Cc1ccccc1. The molecule has 0 aliphatic heterocycles. The Morgan fingerprint density at radius 3 is 2.57 bits per heavy atom. The van der Waals surface area contributed by atoms with Gasteiger partial charge in [0, 0.05) is 19.0 Å². The molecule has 0 fully saturated rings. The van der Waals surface area contributed by atoms with Crippen LogP contribution in [-0.4, -0.2) is 42.5 Å². The summed E-state index contributed by atoms with van der Waals surface area (Å²) in [6.07, 6.45) is 4.35. The van der Waals surface area contributed by atoms with E-state index < -0.39 is 0 Å². The summed E-state index contributed by atoms with van der Waals surface area (Å²) in [4.78, 5) is 19.1. The fraction of sp³-hybridized carbons (Fsp3) is 0.391. The summed E-state index contributed by atoms with van der Waals surface area (Å²) in [5.74, 6) is 0.143. The number of fused-ring (bicyclic) bond motifs is 1. The van der Waals surface area contributed by atoms with Gasteiger partial charge in [0.05, 0.1) is 15.2 Å². The molecule has 3 rings (SSSR count). The van der Waals surface area contributed by atoms with E-state index in [2.05, 4.69) is 65.7 Å². The molecular formula is C23H29N3OS. The van der Waals surface area contributed by atoms with Crippen LogP contribution >= 0.6 is 11.3 Å². The number of carbonyl (C=O) groups excluding carboxylic acids is 1. The van der Waals surface area contributed by atoms with Crippen LogP contribution in [0.25, 0.3) is 10.2 Å². The number of likely N-dealkylation sites (N-methyl/N-ethyl adjacent to an activating group) is 1. The van der Waals surface area contributed by atoms with Crippen molar-refractivity contribution < 1.29 is 4.79 Å². The Labute approximate surface area is 171 Å². The van der Waals surface area contributed by atoms with Crippen LogP contribution in [0.2, 0.25) is 0 Å². The molecule has 3 aromatic rings. The maximum absolute atomic E-state index is 12.2. The van der Waals surface area contributed by atoms with Crippen molar-refractivity contribution >= 4 is 27.5 Å². The van der Waals surface area contributed by atoms with Crippen LogP contribution in [0.5, 0.6) is 0 Å². The molecule has 0 aliphatic rings. The van der Waals surface area contributed by atoms with Crippen LogP contribution < -0.4 is 5.32 Å². The Balaban J connectivity index is 1.37. The fourth-order valence-electron chi connectivity index (χ4n) is 3.23. The van der Waals surface area contributed by atoms with Gasteiger partial charge < -0.3 is 10.2 Å². The van der Waals surface area contributed by atoms with Crippen LogP contribution in [-0.2, 0) is 17.6 Å². The Bertz CT molecular complexity index is 843. The molecule has 0 saturated carbocycles. The number of aryl methyl sites for hydroxylation is 1. The predicted molar refractivity (Wildman–Crippen MR) is 118 cm³/mol. The van der Waals surface area contributed by atoms with E-state index in [0.29, 0.717) is 19.0 Å². The van der Waals surface area contributed by atoms with Crippen molar-refractivity contribution in [1.82, 2.24) is 15.2 Å². The normalized spacial score (nSPS) is 12.4. The highest BCUT2D eigenvalue weighted by atomic mass is 32.1. The number of nitrogens with zero attached hydrogens (tertiary/aromatic N) is 2. The van der Waals surface area contributed by atoms with Crippen molar-refractivity contribution in [2.24, 2.45) is 0 Å². The van der Waals surface area contributed by atoms with Gasteiger partial charge in [-0.1, -0.05) is 42.5 Å². The lowest BCUT2D eigenvalue weighted by molar-refractivity contribution is -0.121. The third kappa shape index (κ3) is 6.14. The molecule has 0 saturated heterocycles. The van der Waals surface area contributed by atoms with Gasteiger partial charge in [0.25, 0.3) is 0 Å². The molecule has 28 heavy (non-hydrogen) atoms. The lowest BCUT2D eigenvalue weighted by Crippen LogP contribution is -2.41. The number of unbranched alkanes of at least 4 members (excludes halogenated alkanes) is 1. The maximum Gasteiger partial charge on any atom is 0.220 e. The van der Waals surface area contributed by atoms with Crippen LogP contribution in [0.1, 0.15) is 29.8 Å². The molecule has 1 amide bonds. The molecule has 2 aromatic carbocycles. The average Bonchev–Trinajstić information content (AvgIpc) is 3.12. The molecule has 148 valence electrons. The number of para-hydroxylation sites is 1. The fourth-order valence-corrected chi connectivity index (χ4v) is 4.24. The van der Waals surface area contributed by atoms with E-state index in [-0.39, 0.29) is 5.91 Å². The number of amides is 1. The second kappa shape index (κ2) is 10.3. The van der Waals surface area contributed by atoms with Crippen molar-refractivity contribution in [3.8, 4) is 0 Å². The molecule has 1 N–H and O–H groups in total. The zero-order valence-electron chi connectivity index (χ0n) is 16.7. The summed E-state index contributed by atoms with van der Waals surface area (Å²) in [5, 5.41) is 4.27. The zero-order chi connectivity index (χ0) is 19.8. The number of hydrogen-bond acceptors (Lipinski definition) is 4. The van der Waals surface area contributed by atoms with E-state index in [1.54, 1.807) is 11.3 Å². The first-order chi connectivity index (χ1) is 13.6. The van der Waals surface area contributed by atoms with Crippen LogP contribution in [0.4, 0.5) is 0 Å². The lowest BCUT2D eigenvalue weighted by atomic mass is 10.1. The Morgan fingerprint density at radius 1 is 1.07 bits per heavy atom. The number of rotatable bonds is 10. The molecule has 4 nitrogen and oxygen atoms in total. The van der Waals surface area contributed by atoms with Gasteiger partial charge in [0.2, 0.25) is 5.91 Å². The Kier molecular flexibility index (Phi) is 7.57. The number of carbonyl (C=O) groups is 1. The minimum Gasteiger partial charge on any atom is -0.355 e.